The molecule has 1 aromatic carbocycles. The Bertz CT molecular complexity index is 739. The fourth-order valence-corrected chi connectivity index (χ4v) is 3.39. The van der Waals surface area contributed by atoms with Gasteiger partial charge in [0.25, 0.3) is 10.0 Å². The summed E-state index contributed by atoms with van der Waals surface area (Å²) in [6.45, 7) is 0.763. The zero-order valence-corrected chi connectivity index (χ0v) is 12.5. The molecule has 1 unspecified atom stereocenters. The second kappa shape index (κ2) is 5.59. The maximum Gasteiger partial charge on any atom is 0.259 e. The van der Waals surface area contributed by atoms with Gasteiger partial charge in [-0.1, -0.05) is 24.3 Å². The molecule has 1 aliphatic heterocycles. The first-order chi connectivity index (χ1) is 10.0. The van der Waals surface area contributed by atoms with Gasteiger partial charge >= 0.3 is 0 Å². The van der Waals surface area contributed by atoms with Crippen LogP contribution in [-0.2, 0) is 34.8 Å². The average molecular weight is 307 g/mol. The third kappa shape index (κ3) is 3.15. The number of hydrogen-bond acceptors (Lipinski definition) is 4. The normalized spacial score (nSPS) is 18.4. The first kappa shape index (κ1) is 14.2. The standard InChI is InChI=1S/C14H17N3O3S/c1-17-8-14(15-10-17)21(18,19)16-7-13-6-11-4-2-3-5-12(11)9-20-13/h2-5,8,10,13,16H,6-7,9H2,1H3. The van der Waals surface area contributed by atoms with Crippen molar-refractivity contribution in [3.05, 3.63) is 47.9 Å². The molecular weight excluding hydrogens is 290 g/mol. The molecule has 0 aliphatic carbocycles. The molecule has 0 radical (unpaired) electrons. The summed E-state index contributed by atoms with van der Waals surface area (Å²) in [4.78, 5) is 3.86. The summed E-state index contributed by atoms with van der Waals surface area (Å²) in [5.41, 5.74) is 2.38. The molecule has 21 heavy (non-hydrogen) atoms. The summed E-state index contributed by atoms with van der Waals surface area (Å²) in [7, 11) is -1.85. The van der Waals surface area contributed by atoms with Crippen molar-refractivity contribution in [2.24, 2.45) is 7.05 Å². The monoisotopic (exact) mass is 307 g/mol. The number of nitrogens with zero attached hydrogens (tertiary/aromatic N) is 2. The fourth-order valence-electron chi connectivity index (χ4n) is 2.34. The van der Waals surface area contributed by atoms with Crippen molar-refractivity contribution < 1.29 is 13.2 Å². The van der Waals surface area contributed by atoms with Gasteiger partial charge in [0.1, 0.15) is 0 Å². The molecule has 1 N–H and O–H groups in total. The van der Waals surface area contributed by atoms with Crippen LogP contribution < -0.4 is 4.72 Å². The number of imidazole rings is 1. The topological polar surface area (TPSA) is 73.2 Å². The summed E-state index contributed by atoms with van der Waals surface area (Å²) in [5.74, 6) is 0. The van der Waals surface area contributed by atoms with Crippen molar-refractivity contribution >= 4 is 10.0 Å². The van der Waals surface area contributed by atoms with E-state index in [2.05, 4.69) is 15.8 Å². The summed E-state index contributed by atoms with van der Waals surface area (Å²) in [6, 6.07) is 8.05. The Balaban J connectivity index is 1.64. The van der Waals surface area contributed by atoms with Crippen LogP contribution in [0.1, 0.15) is 11.1 Å². The van der Waals surface area contributed by atoms with Gasteiger partial charge in [0.2, 0.25) is 0 Å². The van der Waals surface area contributed by atoms with Crippen molar-refractivity contribution in [3.8, 4) is 0 Å². The number of ether oxygens (including phenoxy) is 1. The Morgan fingerprint density at radius 3 is 2.86 bits per heavy atom. The van der Waals surface area contributed by atoms with E-state index >= 15 is 0 Å². The van der Waals surface area contributed by atoms with Gasteiger partial charge in [0, 0.05) is 26.2 Å². The smallest absolute Gasteiger partial charge is 0.259 e. The lowest BCUT2D eigenvalue weighted by atomic mass is 9.99. The number of aromatic nitrogens is 2. The second-order valence-electron chi connectivity index (χ2n) is 5.14. The van der Waals surface area contributed by atoms with Crippen LogP contribution in [0.15, 0.2) is 41.8 Å². The molecule has 2 aromatic rings. The van der Waals surface area contributed by atoms with Gasteiger partial charge in [-0.3, -0.25) is 0 Å². The minimum atomic E-state index is -3.58. The molecule has 1 aliphatic rings. The molecule has 0 spiro atoms. The Labute approximate surface area is 123 Å². The molecule has 1 aromatic heterocycles. The van der Waals surface area contributed by atoms with E-state index in [1.807, 2.05) is 18.2 Å². The molecule has 3 rings (SSSR count). The third-order valence-electron chi connectivity index (χ3n) is 3.50. The van der Waals surface area contributed by atoms with E-state index in [0.29, 0.717) is 13.0 Å². The second-order valence-corrected chi connectivity index (χ2v) is 6.85. The number of rotatable bonds is 4. The fraction of sp³-hybridized carbons (Fsp3) is 0.357. The Morgan fingerprint density at radius 2 is 2.14 bits per heavy atom. The quantitative estimate of drug-likeness (QED) is 0.908. The van der Waals surface area contributed by atoms with Crippen molar-refractivity contribution in [1.82, 2.24) is 14.3 Å². The molecule has 0 saturated carbocycles. The maximum atomic E-state index is 12.1. The highest BCUT2D eigenvalue weighted by Crippen LogP contribution is 2.20. The van der Waals surface area contributed by atoms with Gasteiger partial charge in [-0.15, -0.1) is 0 Å². The number of nitrogens with one attached hydrogen (secondary N) is 1. The molecule has 6 nitrogen and oxygen atoms in total. The minimum Gasteiger partial charge on any atom is -0.372 e. The van der Waals surface area contributed by atoms with E-state index in [0.717, 1.165) is 0 Å². The summed E-state index contributed by atoms with van der Waals surface area (Å²) >= 11 is 0. The molecule has 2 heterocycles. The Hall–Kier alpha value is -1.70. The molecule has 0 amide bonds. The summed E-state index contributed by atoms with van der Waals surface area (Å²) in [5, 5.41) is 0.0289. The Kier molecular flexibility index (Phi) is 3.79. The predicted molar refractivity (Wildman–Crippen MR) is 77.1 cm³/mol. The van der Waals surface area contributed by atoms with Gasteiger partial charge in [-0.25, -0.2) is 18.1 Å². The molecule has 0 bridgehead atoms. The SMILES string of the molecule is Cn1cnc(S(=O)(=O)NCC2Cc3ccccc3CO2)c1. The van der Waals surface area contributed by atoms with Crippen LogP contribution in [0.2, 0.25) is 0 Å². The number of fused-ring (bicyclic) bond motifs is 1. The largest absolute Gasteiger partial charge is 0.372 e. The number of benzene rings is 1. The van der Waals surface area contributed by atoms with Crippen LogP contribution in [0.3, 0.4) is 0 Å². The van der Waals surface area contributed by atoms with Crippen LogP contribution in [0.5, 0.6) is 0 Å². The molecular formula is C14H17N3O3S. The van der Waals surface area contributed by atoms with Crippen molar-refractivity contribution in [1.29, 1.82) is 0 Å². The molecule has 0 saturated heterocycles. The first-order valence-electron chi connectivity index (χ1n) is 6.70. The zero-order valence-electron chi connectivity index (χ0n) is 11.7. The van der Waals surface area contributed by atoms with E-state index < -0.39 is 10.0 Å². The average Bonchev–Trinajstić information content (AvgIpc) is 2.92. The van der Waals surface area contributed by atoms with Gasteiger partial charge in [-0.2, -0.15) is 0 Å². The van der Waals surface area contributed by atoms with E-state index in [4.69, 9.17) is 4.74 Å². The molecule has 0 fully saturated rings. The van der Waals surface area contributed by atoms with Crippen LogP contribution >= 0.6 is 0 Å². The lowest BCUT2D eigenvalue weighted by molar-refractivity contribution is 0.0322. The third-order valence-corrected chi connectivity index (χ3v) is 4.81. The highest BCUT2D eigenvalue weighted by molar-refractivity contribution is 7.89. The lowest BCUT2D eigenvalue weighted by Crippen LogP contribution is -2.36. The van der Waals surface area contributed by atoms with Gasteiger partial charge in [0.05, 0.1) is 19.0 Å². The van der Waals surface area contributed by atoms with Crippen molar-refractivity contribution in [3.63, 3.8) is 0 Å². The van der Waals surface area contributed by atoms with Crippen molar-refractivity contribution in [2.45, 2.75) is 24.2 Å². The number of sulfonamides is 1. The maximum absolute atomic E-state index is 12.1. The summed E-state index contributed by atoms with van der Waals surface area (Å²) < 4.78 is 34.0. The predicted octanol–water partition coefficient (Wildman–Crippen LogP) is 0.840. The number of hydrogen-bond donors (Lipinski definition) is 1. The van der Waals surface area contributed by atoms with Crippen LogP contribution in [0, 0.1) is 0 Å². The lowest BCUT2D eigenvalue weighted by Gasteiger charge is -2.25. The van der Waals surface area contributed by atoms with Crippen LogP contribution in [-0.4, -0.2) is 30.6 Å². The first-order valence-corrected chi connectivity index (χ1v) is 8.19. The van der Waals surface area contributed by atoms with Gasteiger partial charge < -0.3 is 9.30 Å². The number of aryl methyl sites for hydroxylation is 1. The van der Waals surface area contributed by atoms with Gasteiger partial charge in [-0.05, 0) is 11.1 Å². The van der Waals surface area contributed by atoms with Crippen LogP contribution in [0.25, 0.3) is 0 Å². The zero-order chi connectivity index (χ0) is 14.9. The molecule has 1 atom stereocenters. The highest BCUT2D eigenvalue weighted by Gasteiger charge is 2.22. The van der Waals surface area contributed by atoms with E-state index in [9.17, 15) is 8.42 Å². The molecule has 112 valence electrons. The molecule has 7 heteroatoms. The highest BCUT2D eigenvalue weighted by atomic mass is 32.2. The van der Waals surface area contributed by atoms with Crippen LogP contribution in [0.4, 0.5) is 0 Å². The van der Waals surface area contributed by atoms with E-state index in [-0.39, 0.29) is 17.7 Å². The van der Waals surface area contributed by atoms with E-state index in [1.54, 1.807) is 11.6 Å². The summed E-state index contributed by atoms with van der Waals surface area (Å²) in [6.07, 6.45) is 3.49. The minimum absolute atomic E-state index is 0.0289. The van der Waals surface area contributed by atoms with Crippen molar-refractivity contribution in [2.75, 3.05) is 6.54 Å². The van der Waals surface area contributed by atoms with Gasteiger partial charge in [0.15, 0.2) is 5.03 Å². The van der Waals surface area contributed by atoms with E-state index in [1.165, 1.54) is 23.7 Å². The Morgan fingerprint density at radius 1 is 1.38 bits per heavy atom.